The second-order valence-corrected chi connectivity index (χ2v) is 9.88. The number of halogens is 1. The number of carbonyl (C=O) groups excluding carboxylic acids is 1. The van der Waals surface area contributed by atoms with Crippen LogP contribution >= 0.6 is 0 Å². The minimum absolute atomic E-state index is 0.0501. The Kier molecular flexibility index (Phi) is 5.61. The molecule has 0 unspecified atom stereocenters. The Hall–Kier alpha value is -4.92. The Balaban J connectivity index is 1.25. The van der Waals surface area contributed by atoms with Gasteiger partial charge in [-0.05, 0) is 54.8 Å². The Morgan fingerprint density at radius 2 is 1.87 bits per heavy atom. The summed E-state index contributed by atoms with van der Waals surface area (Å²) in [4.78, 5) is 29.6. The van der Waals surface area contributed by atoms with E-state index in [4.69, 9.17) is 4.98 Å². The van der Waals surface area contributed by atoms with Gasteiger partial charge < -0.3 is 10.3 Å². The monoisotopic (exact) mass is 517 g/mol. The summed E-state index contributed by atoms with van der Waals surface area (Å²) in [6.45, 7) is 0. The predicted octanol–water partition coefficient (Wildman–Crippen LogP) is 6.50. The molecule has 0 saturated heterocycles. The van der Waals surface area contributed by atoms with Crippen molar-refractivity contribution in [3.63, 3.8) is 0 Å². The van der Waals surface area contributed by atoms with Gasteiger partial charge in [0.15, 0.2) is 0 Å². The second-order valence-electron chi connectivity index (χ2n) is 9.88. The fourth-order valence-corrected chi connectivity index (χ4v) is 5.40. The van der Waals surface area contributed by atoms with Gasteiger partial charge in [0.1, 0.15) is 22.7 Å². The molecule has 5 heterocycles. The van der Waals surface area contributed by atoms with Crippen LogP contribution in [0.1, 0.15) is 25.7 Å². The lowest BCUT2D eigenvalue weighted by atomic mass is 10.0. The zero-order chi connectivity index (χ0) is 26.3. The summed E-state index contributed by atoms with van der Waals surface area (Å²) < 4.78 is 14.6. The quantitative estimate of drug-likeness (QED) is 0.242. The summed E-state index contributed by atoms with van der Waals surface area (Å²) in [6, 6.07) is 16.1. The molecule has 5 aromatic heterocycles. The molecule has 3 N–H and O–H groups in total. The van der Waals surface area contributed by atoms with Gasteiger partial charge in [-0.15, -0.1) is 0 Å². The van der Waals surface area contributed by atoms with Gasteiger partial charge in [0, 0.05) is 34.8 Å². The van der Waals surface area contributed by atoms with Crippen LogP contribution in [0, 0.1) is 11.7 Å². The minimum atomic E-state index is -0.292. The fourth-order valence-electron chi connectivity index (χ4n) is 5.40. The first-order valence-electron chi connectivity index (χ1n) is 13.0. The van der Waals surface area contributed by atoms with Crippen molar-refractivity contribution < 1.29 is 9.18 Å². The number of carbonyl (C=O) groups is 1. The highest BCUT2D eigenvalue weighted by Gasteiger charge is 2.23. The number of hydrogen-bond donors (Lipinski definition) is 3. The number of H-pyrrole nitrogens is 2. The molecule has 39 heavy (non-hydrogen) atoms. The van der Waals surface area contributed by atoms with Crippen molar-refractivity contribution in [3.05, 3.63) is 79.0 Å². The molecule has 0 aliphatic heterocycles. The molecular weight excluding hydrogens is 493 g/mol. The number of benzene rings is 1. The summed E-state index contributed by atoms with van der Waals surface area (Å²) in [7, 11) is 0. The van der Waals surface area contributed by atoms with E-state index in [0.29, 0.717) is 39.5 Å². The number of nitrogens with zero attached hydrogens (tertiary/aromatic N) is 4. The molecule has 1 aliphatic rings. The van der Waals surface area contributed by atoms with Crippen molar-refractivity contribution in [2.45, 2.75) is 25.7 Å². The van der Waals surface area contributed by atoms with Crippen LogP contribution in [0.25, 0.3) is 55.8 Å². The van der Waals surface area contributed by atoms with Crippen LogP contribution in [0.15, 0.2) is 73.2 Å². The van der Waals surface area contributed by atoms with Crippen molar-refractivity contribution in [1.29, 1.82) is 0 Å². The minimum Gasteiger partial charge on any atom is -0.338 e. The number of hydrogen-bond acceptors (Lipinski definition) is 5. The average Bonchev–Trinajstić information content (AvgIpc) is 3.73. The maximum atomic E-state index is 14.6. The molecule has 192 valence electrons. The van der Waals surface area contributed by atoms with E-state index in [9.17, 15) is 9.18 Å². The zero-order valence-corrected chi connectivity index (χ0v) is 20.9. The first-order chi connectivity index (χ1) is 19.1. The van der Waals surface area contributed by atoms with E-state index in [1.165, 1.54) is 6.07 Å². The molecule has 1 fully saturated rings. The van der Waals surface area contributed by atoms with Crippen molar-refractivity contribution in [2.75, 3.05) is 5.32 Å². The molecule has 1 saturated carbocycles. The molecule has 9 heteroatoms. The lowest BCUT2D eigenvalue weighted by Gasteiger charge is -2.11. The number of aromatic amines is 2. The third kappa shape index (κ3) is 4.21. The van der Waals surface area contributed by atoms with Crippen LogP contribution in [-0.4, -0.2) is 36.0 Å². The summed E-state index contributed by atoms with van der Waals surface area (Å²) in [5.41, 5.74) is 6.82. The Morgan fingerprint density at radius 3 is 2.74 bits per heavy atom. The first kappa shape index (κ1) is 23.2. The number of anilines is 1. The SMILES string of the molecule is O=C(Nc1cncc(-c2ccc3[nH]nc(-c4cc5c(-c6ccccc6F)ccnc5[nH]4)c3n2)c1)C1CCCC1. The highest BCUT2D eigenvalue weighted by molar-refractivity contribution is 5.99. The van der Waals surface area contributed by atoms with E-state index in [0.717, 1.165) is 47.7 Å². The van der Waals surface area contributed by atoms with Crippen LogP contribution < -0.4 is 5.32 Å². The predicted molar refractivity (Wildman–Crippen MR) is 148 cm³/mol. The van der Waals surface area contributed by atoms with E-state index >= 15 is 0 Å². The maximum absolute atomic E-state index is 14.6. The van der Waals surface area contributed by atoms with E-state index in [2.05, 4.69) is 30.5 Å². The number of pyridine rings is 3. The van der Waals surface area contributed by atoms with Crippen LogP contribution in [0.4, 0.5) is 10.1 Å². The Morgan fingerprint density at radius 1 is 1.00 bits per heavy atom. The average molecular weight is 518 g/mol. The van der Waals surface area contributed by atoms with Crippen LogP contribution in [0.3, 0.4) is 0 Å². The summed E-state index contributed by atoms with van der Waals surface area (Å²) in [5, 5.41) is 11.4. The molecule has 6 aromatic rings. The highest BCUT2D eigenvalue weighted by atomic mass is 19.1. The van der Waals surface area contributed by atoms with Crippen LogP contribution in [0.5, 0.6) is 0 Å². The topological polar surface area (TPSA) is 112 Å². The normalized spacial score (nSPS) is 13.9. The molecule has 0 radical (unpaired) electrons. The summed E-state index contributed by atoms with van der Waals surface area (Å²) >= 11 is 0. The molecule has 1 amide bonds. The van der Waals surface area contributed by atoms with Gasteiger partial charge in [-0.1, -0.05) is 31.0 Å². The third-order valence-electron chi connectivity index (χ3n) is 7.39. The Labute approximate surface area is 222 Å². The van der Waals surface area contributed by atoms with Gasteiger partial charge in [0.2, 0.25) is 5.91 Å². The second kappa shape index (κ2) is 9.43. The van der Waals surface area contributed by atoms with Gasteiger partial charge in [0.25, 0.3) is 0 Å². The standard InChI is InChI=1S/C30H24FN7O/c31-23-8-4-3-7-21(23)20-11-12-33-29-22(20)14-26(36-29)28-27-25(37-38-28)10-9-24(35-27)18-13-19(16-32-15-18)34-30(39)17-5-1-2-6-17/h3-4,7-17H,1-2,5-6H2,(H,33,36)(H,34,39)(H,37,38). The van der Waals surface area contributed by atoms with E-state index in [1.54, 1.807) is 30.7 Å². The molecule has 7 rings (SSSR count). The van der Waals surface area contributed by atoms with Gasteiger partial charge >= 0.3 is 0 Å². The largest absolute Gasteiger partial charge is 0.338 e. The van der Waals surface area contributed by atoms with Crippen LogP contribution in [-0.2, 0) is 4.79 Å². The number of rotatable bonds is 5. The van der Waals surface area contributed by atoms with Crippen molar-refractivity contribution in [3.8, 4) is 33.8 Å². The number of aromatic nitrogens is 6. The lowest BCUT2D eigenvalue weighted by Crippen LogP contribution is -2.20. The lowest BCUT2D eigenvalue weighted by molar-refractivity contribution is -0.119. The molecular formula is C30H24FN7O. The third-order valence-corrected chi connectivity index (χ3v) is 7.39. The van der Waals surface area contributed by atoms with Crippen LogP contribution in [0.2, 0.25) is 0 Å². The molecule has 0 spiro atoms. The van der Waals surface area contributed by atoms with Crippen molar-refractivity contribution in [1.82, 2.24) is 30.1 Å². The van der Waals surface area contributed by atoms with Gasteiger partial charge in [-0.2, -0.15) is 5.10 Å². The van der Waals surface area contributed by atoms with E-state index < -0.39 is 0 Å². The first-order valence-corrected chi connectivity index (χ1v) is 13.0. The Bertz CT molecular complexity index is 1850. The number of fused-ring (bicyclic) bond motifs is 2. The fraction of sp³-hybridized carbons (Fsp3) is 0.167. The molecule has 0 atom stereocenters. The van der Waals surface area contributed by atoms with E-state index in [1.807, 2.05) is 36.4 Å². The summed E-state index contributed by atoms with van der Waals surface area (Å²) in [6.07, 6.45) is 9.12. The highest BCUT2D eigenvalue weighted by Crippen LogP contribution is 2.34. The maximum Gasteiger partial charge on any atom is 0.227 e. The van der Waals surface area contributed by atoms with Gasteiger partial charge in [-0.3, -0.25) is 14.9 Å². The summed E-state index contributed by atoms with van der Waals surface area (Å²) in [5.74, 6) is -0.171. The zero-order valence-electron chi connectivity index (χ0n) is 20.9. The van der Waals surface area contributed by atoms with Gasteiger partial charge in [-0.25, -0.2) is 14.4 Å². The molecule has 1 aromatic carbocycles. The molecule has 1 aliphatic carbocycles. The smallest absolute Gasteiger partial charge is 0.227 e. The van der Waals surface area contributed by atoms with Crippen molar-refractivity contribution in [2.24, 2.45) is 5.92 Å². The van der Waals surface area contributed by atoms with E-state index in [-0.39, 0.29) is 17.6 Å². The van der Waals surface area contributed by atoms with Crippen molar-refractivity contribution >= 4 is 33.7 Å². The number of amides is 1. The molecule has 8 nitrogen and oxygen atoms in total. The number of nitrogens with one attached hydrogen (secondary N) is 3. The van der Waals surface area contributed by atoms with Gasteiger partial charge in [0.05, 0.1) is 28.8 Å². The molecule has 0 bridgehead atoms.